The summed E-state index contributed by atoms with van der Waals surface area (Å²) in [6, 6.07) is 4.27. The second-order valence-corrected chi connectivity index (χ2v) is 7.73. The van der Waals surface area contributed by atoms with E-state index in [-0.39, 0.29) is 28.8 Å². The molecule has 0 radical (unpaired) electrons. The molecule has 1 aromatic carbocycles. The molecule has 0 saturated carbocycles. The standard InChI is InChI=1S/C15H24O2S/c1-12(2)10-15(11-13(3)4)18(16,17)14-8-6-5-7-9-14/h5-9,12-13,15H,10-11H2,1-4H3/i8D,9D. The van der Waals surface area contributed by atoms with E-state index < -0.39 is 15.1 Å². The van der Waals surface area contributed by atoms with Gasteiger partial charge in [0.25, 0.3) is 0 Å². The first-order chi connectivity index (χ1) is 9.16. The number of hydrogen-bond acceptors (Lipinski definition) is 2. The summed E-state index contributed by atoms with van der Waals surface area (Å²) in [5.74, 6) is 0.529. The highest BCUT2D eigenvalue weighted by Crippen LogP contribution is 2.26. The van der Waals surface area contributed by atoms with Crippen molar-refractivity contribution in [2.24, 2.45) is 11.8 Å². The van der Waals surface area contributed by atoms with Crippen molar-refractivity contribution in [3.8, 4) is 0 Å². The maximum atomic E-state index is 12.8. The van der Waals surface area contributed by atoms with Crippen LogP contribution < -0.4 is 0 Å². The van der Waals surface area contributed by atoms with E-state index in [4.69, 9.17) is 2.74 Å². The highest BCUT2D eigenvalue weighted by atomic mass is 32.2. The third-order valence-electron chi connectivity index (χ3n) is 2.81. The third-order valence-corrected chi connectivity index (χ3v) is 4.88. The van der Waals surface area contributed by atoms with Crippen LogP contribution in [0.2, 0.25) is 0 Å². The molecule has 0 amide bonds. The Bertz CT molecular complexity index is 521. The SMILES string of the molecule is [2H]c1cccc([2H])c1S(=O)(=O)C(CC(C)C)CC(C)C. The number of hydrogen-bond donors (Lipinski definition) is 0. The Hall–Kier alpha value is -0.830. The van der Waals surface area contributed by atoms with Gasteiger partial charge in [0.05, 0.1) is 12.9 Å². The lowest BCUT2D eigenvalue weighted by atomic mass is 10.0. The van der Waals surface area contributed by atoms with Crippen molar-refractivity contribution in [3.05, 3.63) is 30.3 Å². The van der Waals surface area contributed by atoms with Crippen molar-refractivity contribution in [1.82, 2.24) is 0 Å². The molecule has 0 unspecified atom stereocenters. The zero-order chi connectivity index (χ0) is 15.5. The van der Waals surface area contributed by atoms with Gasteiger partial charge in [0.2, 0.25) is 0 Å². The highest BCUT2D eigenvalue weighted by molar-refractivity contribution is 7.92. The first-order valence-electron chi connectivity index (χ1n) is 7.46. The van der Waals surface area contributed by atoms with Gasteiger partial charge in [-0.2, -0.15) is 0 Å². The van der Waals surface area contributed by atoms with Gasteiger partial charge in [-0.25, -0.2) is 8.42 Å². The second kappa shape index (κ2) is 6.37. The van der Waals surface area contributed by atoms with E-state index in [0.717, 1.165) is 0 Å². The Morgan fingerprint density at radius 3 is 1.83 bits per heavy atom. The smallest absolute Gasteiger partial charge is 0.181 e. The van der Waals surface area contributed by atoms with Crippen molar-refractivity contribution >= 4 is 9.84 Å². The van der Waals surface area contributed by atoms with Crippen molar-refractivity contribution in [3.63, 3.8) is 0 Å². The average molecular weight is 270 g/mol. The summed E-state index contributed by atoms with van der Waals surface area (Å²) in [7, 11) is -3.63. The van der Waals surface area contributed by atoms with Crippen molar-refractivity contribution in [2.75, 3.05) is 0 Å². The van der Waals surface area contributed by atoms with Crippen LogP contribution in [0, 0.1) is 11.8 Å². The third kappa shape index (κ3) is 4.13. The van der Waals surface area contributed by atoms with Crippen LogP contribution in [-0.4, -0.2) is 13.7 Å². The van der Waals surface area contributed by atoms with Gasteiger partial charge in [0.1, 0.15) is 0 Å². The fourth-order valence-electron chi connectivity index (χ4n) is 2.07. The predicted molar refractivity (Wildman–Crippen MR) is 76.3 cm³/mol. The molecule has 0 atom stereocenters. The molecule has 0 heterocycles. The molecule has 0 fully saturated rings. The second-order valence-electron chi connectivity index (χ2n) is 5.57. The molecule has 3 heteroatoms. The lowest BCUT2D eigenvalue weighted by Crippen LogP contribution is -2.25. The lowest BCUT2D eigenvalue weighted by molar-refractivity contribution is 0.465. The maximum absolute atomic E-state index is 12.8. The fraction of sp³-hybridized carbons (Fsp3) is 0.600. The van der Waals surface area contributed by atoms with E-state index in [1.807, 2.05) is 27.7 Å². The van der Waals surface area contributed by atoms with Gasteiger partial charge in [-0.1, -0.05) is 45.9 Å². The zero-order valence-electron chi connectivity index (χ0n) is 13.6. The largest absolute Gasteiger partial charge is 0.223 e. The molecule has 0 bridgehead atoms. The van der Waals surface area contributed by atoms with Gasteiger partial charge in [0.15, 0.2) is 9.84 Å². The summed E-state index contributed by atoms with van der Waals surface area (Å²) in [4.78, 5) is -0.119. The summed E-state index contributed by atoms with van der Waals surface area (Å²) in [6.45, 7) is 7.99. The van der Waals surface area contributed by atoms with Crippen LogP contribution in [0.25, 0.3) is 0 Å². The molecular weight excluding hydrogens is 244 g/mol. The molecule has 0 aromatic heterocycles. The molecule has 102 valence electrons. The highest BCUT2D eigenvalue weighted by Gasteiger charge is 2.28. The van der Waals surface area contributed by atoms with Gasteiger partial charge in [0, 0.05) is 0 Å². The van der Waals surface area contributed by atoms with E-state index in [1.54, 1.807) is 6.07 Å². The van der Waals surface area contributed by atoms with Gasteiger partial charge < -0.3 is 0 Å². The first-order valence-corrected chi connectivity index (χ1v) is 8.01. The Labute approximate surface area is 114 Å². The lowest BCUT2D eigenvalue weighted by Gasteiger charge is -2.21. The molecule has 1 rings (SSSR count). The van der Waals surface area contributed by atoms with Gasteiger partial charge >= 0.3 is 0 Å². The molecule has 1 aromatic rings. The summed E-state index contributed by atoms with van der Waals surface area (Å²) >= 11 is 0. The molecule has 0 saturated heterocycles. The first kappa shape index (κ1) is 12.2. The molecule has 0 aliphatic heterocycles. The van der Waals surface area contributed by atoms with E-state index in [0.29, 0.717) is 12.8 Å². The van der Waals surface area contributed by atoms with Crippen LogP contribution in [0.3, 0.4) is 0 Å². The quantitative estimate of drug-likeness (QED) is 0.785. The summed E-state index contributed by atoms with van der Waals surface area (Å²) in [5.41, 5.74) is 0. The van der Waals surface area contributed by atoms with E-state index in [1.165, 1.54) is 12.1 Å². The summed E-state index contributed by atoms with van der Waals surface area (Å²) < 4.78 is 41.3. The zero-order valence-corrected chi connectivity index (χ0v) is 12.4. The molecule has 0 aliphatic rings. The topological polar surface area (TPSA) is 34.1 Å². The van der Waals surface area contributed by atoms with Crippen LogP contribution in [0.5, 0.6) is 0 Å². The van der Waals surface area contributed by atoms with Gasteiger partial charge in [-0.15, -0.1) is 0 Å². The molecule has 0 aliphatic carbocycles. The van der Waals surface area contributed by atoms with Gasteiger partial charge in [-0.3, -0.25) is 0 Å². The fourth-order valence-corrected chi connectivity index (χ4v) is 4.14. The van der Waals surface area contributed by atoms with E-state index in [2.05, 4.69) is 0 Å². The van der Waals surface area contributed by atoms with E-state index in [9.17, 15) is 8.42 Å². The normalized spacial score (nSPS) is 14.2. The molecule has 0 spiro atoms. The number of rotatable bonds is 6. The number of benzene rings is 1. The Morgan fingerprint density at radius 1 is 1.00 bits per heavy atom. The summed E-state index contributed by atoms with van der Waals surface area (Å²) in [6.07, 6.45) is 1.13. The van der Waals surface area contributed by atoms with Crippen LogP contribution in [0.4, 0.5) is 0 Å². The van der Waals surface area contributed by atoms with Crippen LogP contribution in [-0.2, 0) is 9.84 Å². The van der Waals surface area contributed by atoms with Crippen molar-refractivity contribution in [1.29, 1.82) is 0 Å². The predicted octanol–water partition coefficient (Wildman–Crippen LogP) is 3.92. The van der Waals surface area contributed by atoms with Crippen LogP contribution in [0.1, 0.15) is 43.3 Å². The van der Waals surface area contributed by atoms with Crippen molar-refractivity contribution in [2.45, 2.75) is 50.7 Å². The average Bonchev–Trinajstić information content (AvgIpc) is 2.26. The summed E-state index contributed by atoms with van der Waals surface area (Å²) in [5, 5.41) is -0.516. The molecular formula is C15H24O2S. The molecule has 18 heavy (non-hydrogen) atoms. The Balaban J connectivity index is 3.29. The maximum Gasteiger partial charge on any atom is 0.181 e. The Morgan fingerprint density at radius 2 is 1.44 bits per heavy atom. The molecule has 2 nitrogen and oxygen atoms in total. The minimum Gasteiger partial charge on any atom is -0.223 e. The van der Waals surface area contributed by atoms with Crippen molar-refractivity contribution < 1.29 is 11.2 Å². The number of sulfone groups is 1. The van der Waals surface area contributed by atoms with E-state index >= 15 is 0 Å². The van der Waals surface area contributed by atoms with Crippen LogP contribution >= 0.6 is 0 Å². The minimum absolute atomic E-state index is 0.0741. The van der Waals surface area contributed by atoms with Crippen LogP contribution in [0.15, 0.2) is 35.2 Å². The van der Waals surface area contributed by atoms with Gasteiger partial charge in [-0.05, 0) is 36.8 Å². The monoisotopic (exact) mass is 270 g/mol. The minimum atomic E-state index is -3.63. The molecule has 0 N–H and O–H groups in total. The Kier molecular flexibility index (Phi) is 4.32.